The van der Waals surface area contributed by atoms with Gasteiger partial charge in [0.15, 0.2) is 0 Å². The third kappa shape index (κ3) is 5.03. The molecule has 2 aliphatic carbocycles. The summed E-state index contributed by atoms with van der Waals surface area (Å²) in [5, 5.41) is 0.154. The summed E-state index contributed by atoms with van der Waals surface area (Å²) < 4.78 is 28.7. The molecule has 0 aliphatic heterocycles. The van der Waals surface area contributed by atoms with E-state index in [0.29, 0.717) is 6.54 Å². The molecule has 4 rings (SSSR count). The van der Waals surface area contributed by atoms with Crippen LogP contribution in [0.25, 0.3) is 0 Å². The Labute approximate surface area is 185 Å². The van der Waals surface area contributed by atoms with Gasteiger partial charge in [0, 0.05) is 18.0 Å². The first-order chi connectivity index (χ1) is 14.9. The Morgan fingerprint density at radius 2 is 1.77 bits per heavy atom. The van der Waals surface area contributed by atoms with Gasteiger partial charge in [-0.2, -0.15) is 0 Å². The molecule has 2 aromatic rings. The van der Waals surface area contributed by atoms with Crippen molar-refractivity contribution >= 4 is 15.7 Å². The molecule has 6 nitrogen and oxygen atoms in total. The molecule has 0 bridgehead atoms. The van der Waals surface area contributed by atoms with E-state index in [2.05, 4.69) is 4.98 Å². The molecule has 0 saturated heterocycles. The minimum atomic E-state index is -3.60. The summed E-state index contributed by atoms with van der Waals surface area (Å²) in [7, 11) is -3.60. The van der Waals surface area contributed by atoms with E-state index in [0.717, 1.165) is 49.8 Å². The van der Waals surface area contributed by atoms with Gasteiger partial charge in [0.2, 0.25) is 20.9 Å². The number of rotatable bonds is 8. The molecule has 0 N–H and O–H groups in total. The van der Waals surface area contributed by atoms with Crippen LogP contribution in [0.3, 0.4) is 0 Å². The van der Waals surface area contributed by atoms with Gasteiger partial charge in [-0.25, -0.2) is 13.4 Å². The predicted molar refractivity (Wildman–Crippen MR) is 120 cm³/mol. The molecular weight excluding hydrogens is 410 g/mol. The molecule has 0 spiro atoms. The lowest BCUT2D eigenvalue weighted by Gasteiger charge is -2.30. The lowest BCUT2D eigenvalue weighted by atomic mass is 9.95. The van der Waals surface area contributed by atoms with E-state index in [1.165, 1.54) is 6.42 Å². The first-order valence-electron chi connectivity index (χ1n) is 11.5. The fourth-order valence-corrected chi connectivity index (χ4v) is 6.11. The summed E-state index contributed by atoms with van der Waals surface area (Å²) in [6.07, 6.45) is 8.88. The number of sulfone groups is 1. The highest BCUT2D eigenvalue weighted by Gasteiger charge is 2.36. The van der Waals surface area contributed by atoms with Crippen molar-refractivity contribution in [2.24, 2.45) is 5.92 Å². The number of benzene rings is 1. The van der Waals surface area contributed by atoms with Crippen LogP contribution in [0.15, 0.2) is 41.7 Å². The fraction of sp³-hybridized carbons (Fsp3) is 0.583. The largest absolute Gasteiger partial charge is 0.334 e. The number of nitrogens with zero attached hydrogens (tertiary/aromatic N) is 3. The van der Waals surface area contributed by atoms with Crippen molar-refractivity contribution in [3.63, 3.8) is 0 Å². The third-order valence-electron chi connectivity index (χ3n) is 6.42. The van der Waals surface area contributed by atoms with Crippen LogP contribution in [0, 0.1) is 5.92 Å². The van der Waals surface area contributed by atoms with Crippen molar-refractivity contribution in [2.45, 2.75) is 88.3 Å². The average Bonchev–Trinajstić information content (AvgIpc) is 3.51. The zero-order chi connectivity index (χ0) is 22.0. The van der Waals surface area contributed by atoms with Crippen molar-refractivity contribution in [2.75, 3.05) is 0 Å². The monoisotopic (exact) mass is 443 g/mol. The van der Waals surface area contributed by atoms with Crippen LogP contribution < -0.4 is 0 Å². The van der Waals surface area contributed by atoms with Gasteiger partial charge in [-0.15, -0.1) is 0 Å². The van der Waals surface area contributed by atoms with Crippen molar-refractivity contribution in [1.82, 2.24) is 14.5 Å². The molecule has 1 aromatic carbocycles. The zero-order valence-electron chi connectivity index (χ0n) is 18.5. The van der Waals surface area contributed by atoms with Crippen LogP contribution in [0.4, 0.5) is 0 Å². The first-order valence-corrected chi connectivity index (χ1v) is 13.2. The molecule has 168 valence electrons. The van der Waals surface area contributed by atoms with Crippen LogP contribution in [-0.2, 0) is 26.9 Å². The molecule has 0 unspecified atom stereocenters. The fourth-order valence-electron chi connectivity index (χ4n) is 4.57. The minimum absolute atomic E-state index is 0.0622. The number of imidazole rings is 1. The number of carbonyl (C=O) groups is 1. The molecule has 7 heteroatoms. The molecule has 2 fully saturated rings. The van der Waals surface area contributed by atoms with Crippen LogP contribution >= 0.6 is 0 Å². The molecular formula is C24H33N3O3S. The second kappa shape index (κ2) is 9.15. The predicted octanol–water partition coefficient (Wildman–Crippen LogP) is 4.51. The summed E-state index contributed by atoms with van der Waals surface area (Å²) in [5.41, 5.74) is 1.59. The van der Waals surface area contributed by atoms with E-state index in [4.69, 9.17) is 0 Å². The summed E-state index contributed by atoms with van der Waals surface area (Å²) in [5.74, 6) is 0.251. The maximum atomic E-state index is 13.4. The third-order valence-corrected chi connectivity index (χ3v) is 7.99. The minimum Gasteiger partial charge on any atom is -0.334 e. The normalized spacial score (nSPS) is 17.8. The Morgan fingerprint density at radius 1 is 1.10 bits per heavy atom. The number of hydrogen-bond acceptors (Lipinski definition) is 4. The molecule has 31 heavy (non-hydrogen) atoms. The van der Waals surface area contributed by atoms with Crippen molar-refractivity contribution in [3.05, 3.63) is 47.8 Å². The summed E-state index contributed by atoms with van der Waals surface area (Å²) in [6, 6.07) is 9.45. The lowest BCUT2D eigenvalue weighted by Crippen LogP contribution is -2.38. The van der Waals surface area contributed by atoms with Gasteiger partial charge in [0.1, 0.15) is 0 Å². The standard InChI is InChI=1S/C24H33N3O3S/c1-18(2)26(23(28)20-13-14-20)16-22-15-25-24(27(22)21-11-7-4-8-12-21)31(29,30)17-19-9-5-3-6-10-19/h3,5-6,9-10,15,18,20-21H,4,7-8,11-14,16-17H2,1-2H3. The topological polar surface area (TPSA) is 72.3 Å². The Balaban J connectivity index is 1.69. The van der Waals surface area contributed by atoms with Gasteiger partial charge >= 0.3 is 0 Å². The average molecular weight is 444 g/mol. The van der Waals surface area contributed by atoms with Gasteiger partial charge < -0.3 is 9.47 Å². The van der Waals surface area contributed by atoms with Gasteiger partial charge in [-0.05, 0) is 45.1 Å². The first kappa shape index (κ1) is 22.1. The molecule has 0 atom stereocenters. The number of amides is 1. The highest BCUT2D eigenvalue weighted by atomic mass is 32.2. The highest BCUT2D eigenvalue weighted by Crippen LogP contribution is 2.35. The lowest BCUT2D eigenvalue weighted by molar-refractivity contribution is -0.135. The van der Waals surface area contributed by atoms with E-state index in [-0.39, 0.29) is 34.8 Å². The summed E-state index contributed by atoms with van der Waals surface area (Å²) in [4.78, 5) is 19.2. The van der Waals surface area contributed by atoms with E-state index in [1.54, 1.807) is 6.20 Å². The Morgan fingerprint density at radius 3 is 2.39 bits per heavy atom. The molecule has 2 aliphatic rings. The number of aromatic nitrogens is 2. The van der Waals surface area contributed by atoms with E-state index >= 15 is 0 Å². The smallest absolute Gasteiger partial charge is 0.228 e. The van der Waals surface area contributed by atoms with Crippen molar-refractivity contribution in [1.29, 1.82) is 0 Å². The number of hydrogen-bond donors (Lipinski definition) is 0. The van der Waals surface area contributed by atoms with Crippen LogP contribution in [0.2, 0.25) is 0 Å². The Bertz CT molecular complexity index is 1000. The van der Waals surface area contributed by atoms with Crippen LogP contribution in [-0.4, -0.2) is 34.8 Å². The van der Waals surface area contributed by atoms with Gasteiger partial charge in [-0.3, -0.25) is 4.79 Å². The highest BCUT2D eigenvalue weighted by molar-refractivity contribution is 7.90. The van der Waals surface area contributed by atoms with Gasteiger partial charge in [-0.1, -0.05) is 49.6 Å². The van der Waals surface area contributed by atoms with Gasteiger partial charge in [0.25, 0.3) is 0 Å². The SMILES string of the molecule is CC(C)N(Cc1cnc(S(=O)(=O)Cc2ccccc2)n1C1CCCCC1)C(=O)C1CC1. The quantitative estimate of drug-likeness (QED) is 0.602. The Kier molecular flexibility index (Phi) is 6.51. The van der Waals surface area contributed by atoms with E-state index in [1.807, 2.05) is 53.6 Å². The van der Waals surface area contributed by atoms with Crippen molar-refractivity contribution < 1.29 is 13.2 Å². The van der Waals surface area contributed by atoms with Gasteiger partial charge in [0.05, 0.1) is 24.2 Å². The maximum Gasteiger partial charge on any atom is 0.228 e. The molecule has 0 radical (unpaired) electrons. The Hall–Kier alpha value is -2.15. The summed E-state index contributed by atoms with van der Waals surface area (Å²) >= 11 is 0. The van der Waals surface area contributed by atoms with E-state index < -0.39 is 9.84 Å². The molecule has 1 aromatic heterocycles. The maximum absolute atomic E-state index is 13.4. The second-order valence-electron chi connectivity index (χ2n) is 9.27. The second-order valence-corrected chi connectivity index (χ2v) is 11.2. The van der Waals surface area contributed by atoms with Crippen molar-refractivity contribution in [3.8, 4) is 0 Å². The molecule has 2 saturated carbocycles. The van der Waals surface area contributed by atoms with E-state index in [9.17, 15) is 13.2 Å². The summed E-state index contributed by atoms with van der Waals surface area (Å²) in [6.45, 7) is 4.46. The molecule has 1 heterocycles. The van der Waals surface area contributed by atoms with Crippen LogP contribution in [0.1, 0.15) is 76.1 Å². The molecule has 1 amide bonds. The zero-order valence-corrected chi connectivity index (χ0v) is 19.4. The number of carbonyl (C=O) groups excluding carboxylic acids is 1. The van der Waals surface area contributed by atoms with Crippen LogP contribution in [0.5, 0.6) is 0 Å².